The summed E-state index contributed by atoms with van der Waals surface area (Å²) in [5.41, 5.74) is 5.06. The van der Waals surface area contributed by atoms with E-state index in [1.54, 1.807) is 17.6 Å². The molecular formula is C18H15IN2O2S. The second-order valence-corrected chi connectivity index (χ2v) is 7.17. The van der Waals surface area contributed by atoms with Gasteiger partial charge in [-0.3, -0.25) is 4.79 Å². The second-order valence-electron chi connectivity index (χ2n) is 5.21. The topological polar surface area (TPSA) is 51.2 Å². The number of thiazole rings is 1. The number of ether oxygens (including phenoxy) is 1. The highest BCUT2D eigenvalue weighted by Gasteiger charge is 2.09. The number of nitrogens with one attached hydrogen (secondary N) is 1. The van der Waals surface area contributed by atoms with Crippen molar-refractivity contribution in [3.8, 4) is 5.75 Å². The van der Waals surface area contributed by atoms with Crippen molar-refractivity contribution in [1.82, 2.24) is 4.98 Å². The van der Waals surface area contributed by atoms with Gasteiger partial charge in [0.15, 0.2) is 0 Å². The van der Waals surface area contributed by atoms with E-state index in [-0.39, 0.29) is 5.91 Å². The van der Waals surface area contributed by atoms with Gasteiger partial charge in [-0.1, -0.05) is 6.07 Å². The van der Waals surface area contributed by atoms with Gasteiger partial charge in [0.1, 0.15) is 12.4 Å². The number of aryl methyl sites for hydroxylation is 1. The highest BCUT2D eigenvalue weighted by atomic mass is 127. The minimum atomic E-state index is -0.154. The van der Waals surface area contributed by atoms with Gasteiger partial charge in [-0.2, -0.15) is 0 Å². The Morgan fingerprint density at radius 3 is 2.92 bits per heavy atom. The summed E-state index contributed by atoms with van der Waals surface area (Å²) < 4.78 is 6.83. The highest BCUT2D eigenvalue weighted by molar-refractivity contribution is 14.1. The van der Waals surface area contributed by atoms with Crippen LogP contribution in [-0.2, 0) is 6.61 Å². The normalized spacial score (nSPS) is 10.4. The number of hydrogen-bond donors (Lipinski definition) is 1. The molecule has 1 amide bonds. The zero-order valence-corrected chi connectivity index (χ0v) is 15.9. The average molecular weight is 450 g/mol. The van der Waals surface area contributed by atoms with Crippen molar-refractivity contribution in [1.29, 1.82) is 0 Å². The molecule has 0 radical (unpaired) electrons. The van der Waals surface area contributed by atoms with E-state index < -0.39 is 0 Å². The molecule has 0 saturated heterocycles. The molecule has 0 saturated carbocycles. The van der Waals surface area contributed by atoms with Crippen molar-refractivity contribution >= 4 is 45.5 Å². The number of rotatable bonds is 5. The fraction of sp³-hybridized carbons (Fsp3) is 0.111. The molecule has 0 atom stereocenters. The highest BCUT2D eigenvalue weighted by Crippen LogP contribution is 2.20. The van der Waals surface area contributed by atoms with Crippen LogP contribution in [0.2, 0.25) is 0 Å². The van der Waals surface area contributed by atoms with Gasteiger partial charge in [0.25, 0.3) is 5.91 Å². The third kappa shape index (κ3) is 4.33. The molecule has 1 aromatic heterocycles. The van der Waals surface area contributed by atoms with E-state index >= 15 is 0 Å². The first-order chi connectivity index (χ1) is 11.6. The Morgan fingerprint density at radius 2 is 2.17 bits per heavy atom. The molecule has 0 unspecified atom stereocenters. The van der Waals surface area contributed by atoms with Crippen molar-refractivity contribution in [2.75, 3.05) is 5.32 Å². The SMILES string of the molecule is Cc1cc(I)ccc1NC(=O)c1cccc(OCc2cscn2)c1. The summed E-state index contributed by atoms with van der Waals surface area (Å²) in [7, 11) is 0. The summed E-state index contributed by atoms with van der Waals surface area (Å²) >= 11 is 3.78. The van der Waals surface area contributed by atoms with Gasteiger partial charge in [-0.15, -0.1) is 11.3 Å². The molecule has 0 spiro atoms. The maximum Gasteiger partial charge on any atom is 0.255 e. The lowest BCUT2D eigenvalue weighted by molar-refractivity contribution is 0.102. The fourth-order valence-corrected chi connectivity index (χ4v) is 3.35. The predicted octanol–water partition coefficient (Wildman–Crippen LogP) is 4.89. The minimum Gasteiger partial charge on any atom is -0.487 e. The molecule has 6 heteroatoms. The maximum atomic E-state index is 12.5. The summed E-state index contributed by atoms with van der Waals surface area (Å²) in [6.07, 6.45) is 0. The Labute approximate surface area is 158 Å². The van der Waals surface area contributed by atoms with Crippen LogP contribution < -0.4 is 10.1 Å². The Hall–Kier alpha value is -1.93. The Kier molecular flexibility index (Phi) is 5.47. The molecule has 1 heterocycles. The lowest BCUT2D eigenvalue weighted by atomic mass is 10.1. The molecule has 1 N–H and O–H groups in total. The number of aromatic nitrogens is 1. The minimum absolute atomic E-state index is 0.154. The first-order valence-corrected chi connectivity index (χ1v) is 9.31. The Bertz CT molecular complexity index is 850. The van der Waals surface area contributed by atoms with Crippen LogP contribution in [0, 0.1) is 10.5 Å². The molecule has 0 aliphatic carbocycles. The smallest absolute Gasteiger partial charge is 0.255 e. The van der Waals surface area contributed by atoms with Crippen LogP contribution in [0.1, 0.15) is 21.6 Å². The van der Waals surface area contributed by atoms with Gasteiger partial charge in [-0.05, 0) is 71.5 Å². The van der Waals surface area contributed by atoms with Crippen LogP contribution in [0.5, 0.6) is 5.75 Å². The van der Waals surface area contributed by atoms with E-state index in [0.717, 1.165) is 20.5 Å². The van der Waals surface area contributed by atoms with Gasteiger partial charge in [-0.25, -0.2) is 4.98 Å². The summed E-state index contributed by atoms with van der Waals surface area (Å²) in [4.78, 5) is 16.6. The monoisotopic (exact) mass is 450 g/mol. The van der Waals surface area contributed by atoms with Gasteiger partial charge < -0.3 is 10.1 Å². The first kappa shape index (κ1) is 16.9. The number of amides is 1. The zero-order chi connectivity index (χ0) is 16.9. The first-order valence-electron chi connectivity index (χ1n) is 7.29. The number of benzene rings is 2. The number of anilines is 1. The molecule has 0 bridgehead atoms. The molecule has 0 aliphatic heterocycles. The lowest BCUT2D eigenvalue weighted by Gasteiger charge is -2.10. The van der Waals surface area contributed by atoms with E-state index in [4.69, 9.17) is 4.74 Å². The third-order valence-corrected chi connectivity index (χ3v) is 4.71. The molecule has 4 nitrogen and oxygen atoms in total. The van der Waals surface area contributed by atoms with Crippen LogP contribution in [0.4, 0.5) is 5.69 Å². The molecule has 0 aliphatic rings. The van der Waals surface area contributed by atoms with Crippen molar-refractivity contribution in [3.63, 3.8) is 0 Å². The molecule has 3 rings (SSSR count). The molecule has 24 heavy (non-hydrogen) atoms. The van der Waals surface area contributed by atoms with Crippen molar-refractivity contribution in [2.45, 2.75) is 13.5 Å². The quantitative estimate of drug-likeness (QED) is 0.564. The van der Waals surface area contributed by atoms with Gasteiger partial charge in [0.05, 0.1) is 11.2 Å². The van der Waals surface area contributed by atoms with Crippen molar-refractivity contribution in [3.05, 3.63) is 73.7 Å². The van der Waals surface area contributed by atoms with Crippen LogP contribution >= 0.6 is 33.9 Å². The van der Waals surface area contributed by atoms with E-state index in [1.807, 2.05) is 42.6 Å². The van der Waals surface area contributed by atoms with Crippen LogP contribution in [0.25, 0.3) is 0 Å². The zero-order valence-electron chi connectivity index (χ0n) is 13.0. The number of nitrogens with zero attached hydrogens (tertiary/aromatic N) is 1. The number of halogens is 1. The molecule has 0 fully saturated rings. The second kappa shape index (κ2) is 7.76. The van der Waals surface area contributed by atoms with E-state index in [9.17, 15) is 4.79 Å². The van der Waals surface area contributed by atoms with Gasteiger partial charge >= 0.3 is 0 Å². The Balaban J connectivity index is 1.69. The van der Waals surface area contributed by atoms with Crippen LogP contribution in [0.3, 0.4) is 0 Å². The van der Waals surface area contributed by atoms with E-state index in [0.29, 0.717) is 17.9 Å². The number of hydrogen-bond acceptors (Lipinski definition) is 4. The Morgan fingerprint density at radius 1 is 1.29 bits per heavy atom. The summed E-state index contributed by atoms with van der Waals surface area (Å²) in [6.45, 7) is 2.37. The molecular weight excluding hydrogens is 435 g/mol. The lowest BCUT2D eigenvalue weighted by Crippen LogP contribution is -2.13. The standard InChI is InChI=1S/C18H15IN2O2S/c1-12-7-14(19)5-6-17(12)21-18(22)13-3-2-4-16(8-13)23-9-15-10-24-11-20-15/h2-8,10-11H,9H2,1H3,(H,21,22). The van der Waals surface area contributed by atoms with Crippen LogP contribution in [-0.4, -0.2) is 10.9 Å². The number of carbonyl (C=O) groups excluding carboxylic acids is 1. The molecule has 122 valence electrons. The van der Waals surface area contributed by atoms with Crippen molar-refractivity contribution in [2.24, 2.45) is 0 Å². The van der Waals surface area contributed by atoms with Gasteiger partial charge in [0, 0.05) is 20.2 Å². The average Bonchev–Trinajstić information content (AvgIpc) is 3.09. The maximum absolute atomic E-state index is 12.5. The third-order valence-electron chi connectivity index (χ3n) is 3.40. The summed E-state index contributed by atoms with van der Waals surface area (Å²) in [5.74, 6) is 0.494. The largest absolute Gasteiger partial charge is 0.487 e. The fourth-order valence-electron chi connectivity index (χ4n) is 2.16. The summed E-state index contributed by atoms with van der Waals surface area (Å²) in [6, 6.07) is 13.1. The van der Waals surface area contributed by atoms with E-state index in [2.05, 4.69) is 32.9 Å². The van der Waals surface area contributed by atoms with Crippen LogP contribution in [0.15, 0.2) is 53.4 Å². The van der Waals surface area contributed by atoms with Gasteiger partial charge in [0.2, 0.25) is 0 Å². The molecule has 3 aromatic rings. The predicted molar refractivity (Wildman–Crippen MR) is 105 cm³/mol. The summed E-state index contributed by atoms with van der Waals surface area (Å²) in [5, 5.41) is 4.88. The van der Waals surface area contributed by atoms with E-state index in [1.165, 1.54) is 11.3 Å². The van der Waals surface area contributed by atoms with Crippen molar-refractivity contribution < 1.29 is 9.53 Å². The number of carbonyl (C=O) groups is 1. The molecule has 2 aromatic carbocycles.